The molecule has 2 heterocycles. The van der Waals surface area contributed by atoms with Crippen LogP contribution in [0, 0.1) is 6.92 Å². The molecule has 0 fully saturated rings. The zero-order valence-electron chi connectivity index (χ0n) is 15.9. The fourth-order valence-corrected chi connectivity index (χ4v) is 4.01. The van der Waals surface area contributed by atoms with Gasteiger partial charge in [-0.25, -0.2) is 4.98 Å². The first kappa shape index (κ1) is 20.8. The molecular formula is C19H21Cl2N5OS. The van der Waals surface area contributed by atoms with E-state index in [1.165, 1.54) is 11.3 Å². The monoisotopic (exact) mass is 437 g/mol. The Bertz CT molecular complexity index is 985. The second-order valence-corrected chi connectivity index (χ2v) is 8.18. The minimum atomic E-state index is -0.119. The molecule has 3 rings (SSSR count). The third kappa shape index (κ3) is 5.11. The Morgan fingerprint density at radius 2 is 2.14 bits per heavy atom. The summed E-state index contributed by atoms with van der Waals surface area (Å²) in [6.45, 7) is 5.77. The third-order valence-corrected chi connectivity index (χ3v) is 5.49. The average Bonchev–Trinajstić information content (AvgIpc) is 3.21. The van der Waals surface area contributed by atoms with Crippen molar-refractivity contribution in [1.82, 2.24) is 19.7 Å². The normalized spacial score (nSPS) is 11.2. The number of nitrogens with one attached hydrogen (secondary N) is 1. The van der Waals surface area contributed by atoms with Gasteiger partial charge in [-0.15, -0.1) is 11.3 Å². The van der Waals surface area contributed by atoms with Crippen LogP contribution in [-0.4, -0.2) is 39.2 Å². The Kier molecular flexibility index (Phi) is 6.72. The molecule has 0 atom stereocenters. The molecule has 148 valence electrons. The van der Waals surface area contributed by atoms with E-state index in [0.29, 0.717) is 27.4 Å². The number of rotatable bonds is 7. The van der Waals surface area contributed by atoms with E-state index in [0.717, 1.165) is 23.4 Å². The van der Waals surface area contributed by atoms with E-state index in [1.807, 2.05) is 48.1 Å². The summed E-state index contributed by atoms with van der Waals surface area (Å²) in [5, 5.41) is 10.8. The Labute approximate surface area is 178 Å². The summed E-state index contributed by atoms with van der Waals surface area (Å²) in [6, 6.07) is 5.25. The van der Waals surface area contributed by atoms with E-state index in [1.54, 1.807) is 12.1 Å². The topological polar surface area (TPSA) is 63.1 Å². The van der Waals surface area contributed by atoms with Gasteiger partial charge in [0.25, 0.3) is 0 Å². The first-order chi connectivity index (χ1) is 13.4. The van der Waals surface area contributed by atoms with Crippen LogP contribution < -0.4 is 5.32 Å². The van der Waals surface area contributed by atoms with Crippen LogP contribution in [0.4, 0.5) is 5.13 Å². The molecule has 0 spiro atoms. The van der Waals surface area contributed by atoms with E-state index in [4.69, 9.17) is 23.2 Å². The minimum absolute atomic E-state index is 0.119. The lowest BCUT2D eigenvalue weighted by Gasteiger charge is -2.15. The molecule has 1 aromatic carbocycles. The molecule has 0 radical (unpaired) electrons. The number of hydrogen-bond acceptors (Lipinski definition) is 5. The van der Waals surface area contributed by atoms with Gasteiger partial charge in [-0.1, -0.05) is 23.2 Å². The van der Waals surface area contributed by atoms with Crippen LogP contribution in [0.3, 0.4) is 0 Å². The Hall–Kier alpha value is -1.93. The Balaban J connectivity index is 1.59. The molecule has 0 bridgehead atoms. The zero-order chi connectivity index (χ0) is 20.3. The number of anilines is 1. The van der Waals surface area contributed by atoms with Gasteiger partial charge in [0.1, 0.15) is 0 Å². The van der Waals surface area contributed by atoms with Crippen molar-refractivity contribution in [1.29, 1.82) is 0 Å². The van der Waals surface area contributed by atoms with Crippen molar-refractivity contribution < 1.29 is 4.79 Å². The van der Waals surface area contributed by atoms with Crippen molar-refractivity contribution in [3.8, 4) is 11.3 Å². The molecule has 3 aromatic rings. The molecule has 0 aliphatic rings. The highest BCUT2D eigenvalue weighted by Crippen LogP contribution is 2.32. The van der Waals surface area contributed by atoms with Gasteiger partial charge in [0.2, 0.25) is 5.91 Å². The van der Waals surface area contributed by atoms with Crippen LogP contribution in [0.5, 0.6) is 0 Å². The van der Waals surface area contributed by atoms with E-state index >= 15 is 0 Å². The van der Waals surface area contributed by atoms with Crippen molar-refractivity contribution in [2.24, 2.45) is 0 Å². The van der Waals surface area contributed by atoms with Gasteiger partial charge < -0.3 is 5.32 Å². The number of thiazole rings is 1. The quantitative estimate of drug-likeness (QED) is 0.580. The maximum atomic E-state index is 12.4. The molecule has 0 unspecified atom stereocenters. The van der Waals surface area contributed by atoms with Crippen molar-refractivity contribution in [3.05, 3.63) is 51.1 Å². The van der Waals surface area contributed by atoms with Crippen LogP contribution in [0.15, 0.2) is 29.8 Å². The number of nitrogens with zero attached hydrogens (tertiary/aromatic N) is 4. The summed E-state index contributed by atoms with van der Waals surface area (Å²) in [5.41, 5.74) is 3.59. The Morgan fingerprint density at radius 3 is 2.82 bits per heavy atom. The largest absolute Gasteiger partial charge is 0.301 e. The third-order valence-electron chi connectivity index (χ3n) is 4.18. The number of amides is 1. The zero-order valence-corrected chi connectivity index (χ0v) is 18.2. The summed E-state index contributed by atoms with van der Waals surface area (Å²) in [7, 11) is 1.91. The predicted molar refractivity (Wildman–Crippen MR) is 115 cm³/mol. The van der Waals surface area contributed by atoms with Crippen molar-refractivity contribution >= 4 is 45.6 Å². The molecule has 0 saturated heterocycles. The highest BCUT2D eigenvalue weighted by molar-refractivity contribution is 7.14. The van der Waals surface area contributed by atoms with Crippen LogP contribution in [0.1, 0.15) is 18.2 Å². The number of carbonyl (C=O) groups excluding carboxylic acids is 1. The lowest BCUT2D eigenvalue weighted by molar-refractivity contribution is -0.117. The lowest BCUT2D eigenvalue weighted by Crippen LogP contribution is -2.29. The van der Waals surface area contributed by atoms with Gasteiger partial charge in [-0.2, -0.15) is 5.10 Å². The summed E-state index contributed by atoms with van der Waals surface area (Å²) in [6.07, 6.45) is 2.02. The molecule has 28 heavy (non-hydrogen) atoms. The molecule has 1 N–H and O–H groups in total. The van der Waals surface area contributed by atoms with E-state index < -0.39 is 0 Å². The first-order valence-electron chi connectivity index (χ1n) is 8.78. The fourth-order valence-electron chi connectivity index (χ4n) is 2.78. The molecule has 9 heteroatoms. The first-order valence-corrected chi connectivity index (χ1v) is 10.4. The fraction of sp³-hybridized carbons (Fsp3) is 0.316. The Morgan fingerprint density at radius 1 is 1.36 bits per heavy atom. The lowest BCUT2D eigenvalue weighted by atomic mass is 10.2. The standard InChI is InChI=1S/C19H21Cl2N5OS/c1-4-26-9-13(12(2)24-26)8-25(3)10-18(27)23-19-22-17(11-28-19)15-6-5-14(20)7-16(15)21/h5-7,9,11H,4,8,10H2,1-3H3,(H,22,23,27). The maximum Gasteiger partial charge on any atom is 0.240 e. The van der Waals surface area contributed by atoms with E-state index in [9.17, 15) is 4.79 Å². The van der Waals surface area contributed by atoms with Crippen molar-refractivity contribution in [3.63, 3.8) is 0 Å². The molecular weight excluding hydrogens is 417 g/mol. The molecule has 6 nitrogen and oxygen atoms in total. The summed E-state index contributed by atoms with van der Waals surface area (Å²) < 4.78 is 1.90. The number of aryl methyl sites for hydroxylation is 2. The number of likely N-dealkylation sites (N-methyl/N-ethyl adjacent to an activating group) is 1. The highest BCUT2D eigenvalue weighted by atomic mass is 35.5. The number of aromatic nitrogens is 3. The van der Waals surface area contributed by atoms with Gasteiger partial charge in [0.15, 0.2) is 5.13 Å². The van der Waals surface area contributed by atoms with E-state index in [-0.39, 0.29) is 12.5 Å². The van der Waals surface area contributed by atoms with Gasteiger partial charge in [0.05, 0.1) is 23.0 Å². The minimum Gasteiger partial charge on any atom is -0.301 e. The van der Waals surface area contributed by atoms with Crippen LogP contribution in [-0.2, 0) is 17.9 Å². The second kappa shape index (κ2) is 9.05. The van der Waals surface area contributed by atoms with E-state index in [2.05, 4.69) is 15.4 Å². The van der Waals surface area contributed by atoms with Crippen LogP contribution in [0.2, 0.25) is 10.0 Å². The number of carbonyl (C=O) groups is 1. The van der Waals surface area contributed by atoms with Crippen molar-refractivity contribution in [2.45, 2.75) is 26.9 Å². The molecule has 0 aliphatic heterocycles. The predicted octanol–water partition coefficient (Wildman–Crippen LogP) is 4.71. The highest BCUT2D eigenvalue weighted by Gasteiger charge is 2.14. The summed E-state index contributed by atoms with van der Waals surface area (Å²) in [5.74, 6) is -0.119. The molecule has 0 aliphatic carbocycles. The SMILES string of the molecule is CCn1cc(CN(C)CC(=O)Nc2nc(-c3ccc(Cl)cc3Cl)cs2)c(C)n1. The number of benzene rings is 1. The van der Waals surface area contributed by atoms with Crippen molar-refractivity contribution in [2.75, 3.05) is 18.9 Å². The van der Waals surface area contributed by atoms with Crippen LogP contribution >= 0.6 is 34.5 Å². The van der Waals surface area contributed by atoms with Gasteiger partial charge in [-0.3, -0.25) is 14.4 Å². The molecule has 0 saturated carbocycles. The summed E-state index contributed by atoms with van der Waals surface area (Å²) in [4.78, 5) is 18.8. The second-order valence-electron chi connectivity index (χ2n) is 6.48. The van der Waals surface area contributed by atoms with Gasteiger partial charge >= 0.3 is 0 Å². The summed E-state index contributed by atoms with van der Waals surface area (Å²) >= 11 is 13.5. The smallest absolute Gasteiger partial charge is 0.240 e. The molecule has 1 amide bonds. The molecule has 2 aromatic heterocycles. The number of halogens is 2. The van der Waals surface area contributed by atoms with Gasteiger partial charge in [0, 0.05) is 40.8 Å². The maximum absolute atomic E-state index is 12.4. The van der Waals surface area contributed by atoms with Crippen LogP contribution in [0.25, 0.3) is 11.3 Å². The van der Waals surface area contributed by atoms with Gasteiger partial charge in [-0.05, 0) is 39.1 Å². The average molecular weight is 438 g/mol. The number of hydrogen-bond donors (Lipinski definition) is 1.